The topological polar surface area (TPSA) is 61.0 Å². The highest BCUT2D eigenvalue weighted by Gasteiger charge is 2.06. The van der Waals surface area contributed by atoms with E-state index < -0.39 is 0 Å². The van der Waals surface area contributed by atoms with Gasteiger partial charge in [-0.3, -0.25) is 0 Å². The number of benzene rings is 1. The van der Waals surface area contributed by atoms with Gasteiger partial charge in [0.25, 0.3) is 0 Å². The Morgan fingerprint density at radius 1 is 1.28 bits per heavy atom. The molecule has 0 aliphatic heterocycles. The summed E-state index contributed by atoms with van der Waals surface area (Å²) in [5, 5.41) is 0. The number of ether oxygens (including phenoxy) is 1. The van der Waals surface area contributed by atoms with Crippen molar-refractivity contribution in [1.82, 2.24) is 9.97 Å². The monoisotopic (exact) mass is 261 g/mol. The highest BCUT2D eigenvalue weighted by atomic mass is 32.2. The van der Waals surface area contributed by atoms with Gasteiger partial charge in [0.2, 0.25) is 5.88 Å². The molecule has 1 heterocycles. The van der Waals surface area contributed by atoms with Crippen molar-refractivity contribution >= 4 is 11.8 Å². The molecule has 94 valence electrons. The molecule has 4 nitrogen and oxygen atoms in total. The van der Waals surface area contributed by atoms with E-state index in [2.05, 4.69) is 9.97 Å². The molecule has 0 fully saturated rings. The zero-order chi connectivity index (χ0) is 13.0. The van der Waals surface area contributed by atoms with Gasteiger partial charge in [0, 0.05) is 23.2 Å². The van der Waals surface area contributed by atoms with Gasteiger partial charge in [0.1, 0.15) is 11.6 Å². The molecule has 1 aromatic carbocycles. The summed E-state index contributed by atoms with van der Waals surface area (Å²) >= 11 is 1.69. The lowest BCUT2D eigenvalue weighted by Crippen LogP contribution is -2.03. The van der Waals surface area contributed by atoms with Crippen LogP contribution in [-0.2, 0) is 6.54 Å². The third-order valence-electron chi connectivity index (χ3n) is 2.44. The second kappa shape index (κ2) is 5.84. The Kier molecular flexibility index (Phi) is 4.17. The molecule has 2 N–H and O–H groups in total. The molecule has 0 saturated carbocycles. The minimum absolute atomic E-state index is 0.360. The normalized spacial score (nSPS) is 10.4. The molecule has 1 aromatic heterocycles. The highest BCUT2D eigenvalue weighted by Crippen LogP contribution is 2.25. The first kappa shape index (κ1) is 12.9. The van der Waals surface area contributed by atoms with Crippen LogP contribution < -0.4 is 10.5 Å². The van der Waals surface area contributed by atoms with Gasteiger partial charge in [0.15, 0.2) is 0 Å². The molecule has 0 aliphatic rings. The lowest BCUT2D eigenvalue weighted by Gasteiger charge is -2.09. The van der Waals surface area contributed by atoms with E-state index in [0.29, 0.717) is 18.2 Å². The number of hydrogen-bond donors (Lipinski definition) is 1. The van der Waals surface area contributed by atoms with E-state index in [1.165, 1.54) is 4.90 Å². The third-order valence-corrected chi connectivity index (χ3v) is 3.18. The van der Waals surface area contributed by atoms with Crippen LogP contribution in [0.5, 0.6) is 11.6 Å². The molecule has 2 rings (SSSR count). The largest absolute Gasteiger partial charge is 0.439 e. The molecule has 0 saturated heterocycles. The Morgan fingerprint density at radius 2 is 2.00 bits per heavy atom. The van der Waals surface area contributed by atoms with E-state index in [1.807, 2.05) is 37.4 Å². The summed E-state index contributed by atoms with van der Waals surface area (Å²) in [7, 11) is 0. The van der Waals surface area contributed by atoms with E-state index >= 15 is 0 Å². The quantitative estimate of drug-likeness (QED) is 0.857. The number of rotatable bonds is 4. The summed E-state index contributed by atoms with van der Waals surface area (Å²) in [4.78, 5) is 9.56. The van der Waals surface area contributed by atoms with Gasteiger partial charge in [0.05, 0.1) is 0 Å². The van der Waals surface area contributed by atoms with Crippen LogP contribution in [0, 0.1) is 6.92 Å². The maximum absolute atomic E-state index is 5.74. The van der Waals surface area contributed by atoms with Crippen molar-refractivity contribution < 1.29 is 4.74 Å². The fraction of sp³-hybridized carbons (Fsp3) is 0.231. The molecule has 0 atom stereocenters. The Labute approximate surface area is 111 Å². The summed E-state index contributed by atoms with van der Waals surface area (Å²) in [6.45, 7) is 2.18. The summed E-state index contributed by atoms with van der Waals surface area (Å²) in [5.74, 6) is 1.95. The first-order chi connectivity index (χ1) is 8.72. The molecule has 0 spiro atoms. The summed E-state index contributed by atoms with van der Waals surface area (Å²) in [6.07, 6.45) is 3.74. The molecule has 5 heteroatoms. The van der Waals surface area contributed by atoms with Gasteiger partial charge >= 0.3 is 0 Å². The van der Waals surface area contributed by atoms with E-state index in [-0.39, 0.29) is 0 Å². The van der Waals surface area contributed by atoms with Crippen molar-refractivity contribution in [3.05, 3.63) is 41.9 Å². The molecular weight excluding hydrogens is 246 g/mol. The van der Waals surface area contributed by atoms with Gasteiger partial charge in [-0.15, -0.1) is 11.8 Å². The zero-order valence-electron chi connectivity index (χ0n) is 10.4. The maximum Gasteiger partial charge on any atom is 0.227 e. The predicted molar refractivity (Wildman–Crippen MR) is 73.0 cm³/mol. The molecule has 0 bridgehead atoms. The zero-order valence-corrected chi connectivity index (χ0v) is 11.2. The summed E-state index contributed by atoms with van der Waals surface area (Å²) in [6, 6.07) is 7.86. The van der Waals surface area contributed by atoms with Crippen molar-refractivity contribution in [2.24, 2.45) is 5.73 Å². The number of aromatic nitrogens is 2. The van der Waals surface area contributed by atoms with Gasteiger partial charge in [-0.1, -0.05) is 0 Å². The Bertz CT molecular complexity index is 528. The Hall–Kier alpha value is -1.59. The van der Waals surface area contributed by atoms with Crippen LogP contribution in [0.2, 0.25) is 0 Å². The molecule has 18 heavy (non-hydrogen) atoms. The first-order valence-electron chi connectivity index (χ1n) is 5.57. The lowest BCUT2D eigenvalue weighted by atomic mass is 10.3. The van der Waals surface area contributed by atoms with E-state index in [0.717, 1.165) is 11.3 Å². The van der Waals surface area contributed by atoms with Crippen LogP contribution in [0.1, 0.15) is 11.4 Å². The molecular formula is C13H15N3OS. The predicted octanol–water partition coefficient (Wildman–Crippen LogP) is 2.76. The average Bonchev–Trinajstić information content (AvgIpc) is 2.40. The van der Waals surface area contributed by atoms with Crippen molar-refractivity contribution in [2.75, 3.05) is 6.26 Å². The molecule has 0 amide bonds. The van der Waals surface area contributed by atoms with E-state index in [1.54, 1.807) is 18.0 Å². The van der Waals surface area contributed by atoms with Crippen LogP contribution >= 0.6 is 11.8 Å². The van der Waals surface area contributed by atoms with Crippen molar-refractivity contribution in [1.29, 1.82) is 0 Å². The Morgan fingerprint density at radius 3 is 2.61 bits per heavy atom. The fourth-order valence-electron chi connectivity index (χ4n) is 1.46. The van der Waals surface area contributed by atoms with Gasteiger partial charge in [-0.2, -0.15) is 4.98 Å². The smallest absolute Gasteiger partial charge is 0.227 e. The van der Waals surface area contributed by atoms with Gasteiger partial charge < -0.3 is 10.5 Å². The van der Waals surface area contributed by atoms with Gasteiger partial charge in [-0.05, 0) is 37.4 Å². The van der Waals surface area contributed by atoms with Crippen molar-refractivity contribution in [3.63, 3.8) is 0 Å². The minimum Gasteiger partial charge on any atom is -0.439 e. The number of nitrogens with two attached hydrogens (primary N) is 1. The maximum atomic E-state index is 5.74. The van der Waals surface area contributed by atoms with Crippen LogP contribution in [0.25, 0.3) is 0 Å². The van der Waals surface area contributed by atoms with Crippen molar-refractivity contribution in [2.45, 2.75) is 18.4 Å². The van der Waals surface area contributed by atoms with Crippen LogP contribution in [0.15, 0.2) is 35.4 Å². The molecule has 0 unspecified atom stereocenters. The molecule has 0 aliphatic carbocycles. The number of thioether (sulfide) groups is 1. The van der Waals surface area contributed by atoms with Gasteiger partial charge in [-0.25, -0.2) is 4.98 Å². The Balaban J connectivity index is 2.24. The lowest BCUT2D eigenvalue weighted by molar-refractivity contribution is 0.452. The van der Waals surface area contributed by atoms with E-state index in [9.17, 15) is 0 Å². The first-order valence-corrected chi connectivity index (χ1v) is 6.80. The third kappa shape index (κ3) is 3.00. The number of hydrogen-bond acceptors (Lipinski definition) is 5. The average molecular weight is 261 g/mol. The number of aryl methyl sites for hydroxylation is 1. The second-order valence-electron chi connectivity index (χ2n) is 3.73. The van der Waals surface area contributed by atoms with Crippen LogP contribution in [-0.4, -0.2) is 16.2 Å². The summed E-state index contributed by atoms with van der Waals surface area (Å²) < 4.78 is 5.74. The van der Waals surface area contributed by atoms with Crippen molar-refractivity contribution in [3.8, 4) is 11.6 Å². The van der Waals surface area contributed by atoms with Crippen LogP contribution in [0.3, 0.4) is 0 Å². The van der Waals surface area contributed by atoms with E-state index in [4.69, 9.17) is 10.5 Å². The fourth-order valence-corrected chi connectivity index (χ4v) is 1.87. The van der Waals surface area contributed by atoms with Crippen LogP contribution in [0.4, 0.5) is 0 Å². The SMILES string of the molecule is CSc1ccc(Oc2nc(C)ncc2CN)cc1. The highest BCUT2D eigenvalue weighted by molar-refractivity contribution is 7.98. The summed E-state index contributed by atoms with van der Waals surface area (Å²) in [5.41, 5.74) is 6.44. The standard InChI is InChI=1S/C13H15N3OS/c1-9-15-8-10(7-14)13(16-9)17-11-3-5-12(18-2)6-4-11/h3-6,8H,7,14H2,1-2H3. The minimum atomic E-state index is 0.360. The molecule has 2 aromatic rings. The number of nitrogens with zero attached hydrogens (tertiary/aromatic N) is 2. The molecule has 0 radical (unpaired) electrons. The second-order valence-corrected chi connectivity index (χ2v) is 4.61.